The number of carbonyl (C=O) groups excluding carboxylic acids is 1. The van der Waals surface area contributed by atoms with Crippen LogP contribution in [0.3, 0.4) is 0 Å². The lowest BCUT2D eigenvalue weighted by Crippen LogP contribution is -2.40. The van der Waals surface area contributed by atoms with E-state index in [9.17, 15) is 4.79 Å². The monoisotopic (exact) mass is 296 g/mol. The van der Waals surface area contributed by atoms with Gasteiger partial charge >= 0.3 is 0 Å². The molecule has 1 aliphatic rings. The second-order valence-corrected chi connectivity index (χ2v) is 5.34. The Bertz CT molecular complexity index is 408. The van der Waals surface area contributed by atoms with Crippen molar-refractivity contribution in [3.63, 3.8) is 0 Å². The third-order valence-electron chi connectivity index (χ3n) is 3.21. The van der Waals surface area contributed by atoms with Crippen LogP contribution in [0.4, 0.5) is 0 Å². The van der Waals surface area contributed by atoms with Gasteiger partial charge in [0.15, 0.2) is 0 Å². The number of hydrogen-bond acceptors (Lipinski definition) is 2. The van der Waals surface area contributed by atoms with Gasteiger partial charge in [0.1, 0.15) is 0 Å². The number of halogens is 1. The maximum Gasteiger partial charge on any atom is 0.227 e. The molecule has 17 heavy (non-hydrogen) atoms. The fourth-order valence-electron chi connectivity index (χ4n) is 2.33. The Labute approximate surface area is 110 Å². The zero-order chi connectivity index (χ0) is 12.3. The number of nitrogens with zero attached hydrogens (tertiary/aromatic N) is 1. The molecule has 0 radical (unpaired) electrons. The van der Waals surface area contributed by atoms with Gasteiger partial charge in [0.2, 0.25) is 5.91 Å². The molecule has 0 saturated carbocycles. The number of likely N-dealkylation sites (tertiary alicyclic amines) is 1. The molecule has 0 aliphatic carbocycles. The van der Waals surface area contributed by atoms with E-state index in [2.05, 4.69) is 15.9 Å². The number of nitrogens with two attached hydrogens (primary N) is 1. The predicted octanol–water partition coefficient (Wildman–Crippen LogP) is 1.94. The minimum Gasteiger partial charge on any atom is -0.338 e. The highest BCUT2D eigenvalue weighted by molar-refractivity contribution is 9.10. The molecule has 2 rings (SSSR count). The number of amides is 1. The Morgan fingerprint density at radius 1 is 1.53 bits per heavy atom. The van der Waals surface area contributed by atoms with E-state index in [1.165, 1.54) is 0 Å². The van der Waals surface area contributed by atoms with Crippen LogP contribution in [0.5, 0.6) is 0 Å². The molecule has 1 atom stereocenters. The quantitative estimate of drug-likeness (QED) is 0.927. The van der Waals surface area contributed by atoms with Crippen LogP contribution < -0.4 is 5.73 Å². The fraction of sp³-hybridized carbons (Fsp3) is 0.462. The second-order valence-electron chi connectivity index (χ2n) is 4.43. The van der Waals surface area contributed by atoms with Gasteiger partial charge in [-0.3, -0.25) is 4.79 Å². The Hall–Kier alpha value is -0.870. The van der Waals surface area contributed by atoms with Crippen LogP contribution in [-0.2, 0) is 11.2 Å². The van der Waals surface area contributed by atoms with Crippen molar-refractivity contribution in [2.45, 2.75) is 25.3 Å². The van der Waals surface area contributed by atoms with Crippen molar-refractivity contribution in [3.05, 3.63) is 34.3 Å². The van der Waals surface area contributed by atoms with Crippen LogP contribution in [0.15, 0.2) is 28.7 Å². The Kier molecular flexibility index (Phi) is 4.18. The minimum absolute atomic E-state index is 0.191. The molecule has 1 heterocycles. The molecule has 2 N–H and O–H groups in total. The van der Waals surface area contributed by atoms with Crippen LogP contribution >= 0.6 is 15.9 Å². The van der Waals surface area contributed by atoms with E-state index in [0.717, 1.165) is 29.4 Å². The van der Waals surface area contributed by atoms with Gasteiger partial charge in [0.05, 0.1) is 6.42 Å². The van der Waals surface area contributed by atoms with Gasteiger partial charge in [-0.25, -0.2) is 0 Å². The van der Waals surface area contributed by atoms with Crippen molar-refractivity contribution >= 4 is 21.8 Å². The highest BCUT2D eigenvalue weighted by Gasteiger charge is 2.27. The number of carbonyl (C=O) groups is 1. The molecule has 0 spiro atoms. The van der Waals surface area contributed by atoms with E-state index in [4.69, 9.17) is 5.73 Å². The Balaban J connectivity index is 2.01. The van der Waals surface area contributed by atoms with Crippen molar-refractivity contribution < 1.29 is 4.79 Å². The summed E-state index contributed by atoms with van der Waals surface area (Å²) in [4.78, 5) is 14.1. The summed E-state index contributed by atoms with van der Waals surface area (Å²) in [6.45, 7) is 1.43. The zero-order valence-corrected chi connectivity index (χ0v) is 11.3. The average Bonchev–Trinajstić information content (AvgIpc) is 2.77. The smallest absolute Gasteiger partial charge is 0.227 e. The summed E-state index contributed by atoms with van der Waals surface area (Å²) in [6, 6.07) is 8.14. The van der Waals surface area contributed by atoms with Gasteiger partial charge in [-0.1, -0.05) is 28.1 Å². The highest BCUT2D eigenvalue weighted by Crippen LogP contribution is 2.18. The summed E-state index contributed by atoms with van der Waals surface area (Å²) in [5.41, 5.74) is 6.73. The number of rotatable bonds is 3. The van der Waals surface area contributed by atoms with Gasteiger partial charge in [-0.05, 0) is 30.5 Å². The van der Waals surface area contributed by atoms with Crippen LogP contribution in [0, 0.1) is 0 Å². The van der Waals surface area contributed by atoms with Gasteiger partial charge < -0.3 is 10.6 Å². The van der Waals surface area contributed by atoms with E-state index < -0.39 is 0 Å². The lowest BCUT2D eigenvalue weighted by atomic mass is 10.1. The van der Waals surface area contributed by atoms with Crippen molar-refractivity contribution in [2.75, 3.05) is 13.1 Å². The standard InChI is InChI=1S/C13H17BrN2O/c14-11-4-1-3-10(7-11)8-13(17)16-6-2-5-12(16)9-15/h1,3-4,7,12H,2,5-6,8-9,15H2/t12-/m1/s1. The third kappa shape index (κ3) is 3.07. The molecule has 92 valence electrons. The molecular formula is C13H17BrN2O. The molecule has 0 unspecified atom stereocenters. The van der Waals surface area contributed by atoms with Crippen molar-refractivity contribution in [1.82, 2.24) is 4.90 Å². The normalized spacial score (nSPS) is 19.6. The first-order valence-corrected chi connectivity index (χ1v) is 6.74. The SMILES string of the molecule is NC[C@H]1CCCN1C(=O)Cc1cccc(Br)c1. The van der Waals surface area contributed by atoms with Gasteiger partial charge in [0.25, 0.3) is 0 Å². The number of benzene rings is 1. The highest BCUT2D eigenvalue weighted by atomic mass is 79.9. The predicted molar refractivity (Wildman–Crippen MR) is 71.6 cm³/mol. The first kappa shape index (κ1) is 12.6. The maximum absolute atomic E-state index is 12.2. The molecular weight excluding hydrogens is 280 g/mol. The van der Waals surface area contributed by atoms with Crippen molar-refractivity contribution in [1.29, 1.82) is 0 Å². The molecule has 0 bridgehead atoms. The number of hydrogen-bond donors (Lipinski definition) is 1. The zero-order valence-electron chi connectivity index (χ0n) is 9.73. The van der Waals surface area contributed by atoms with Gasteiger partial charge in [-0.15, -0.1) is 0 Å². The fourth-order valence-corrected chi connectivity index (χ4v) is 2.78. The summed E-state index contributed by atoms with van der Waals surface area (Å²) in [5, 5.41) is 0. The first-order valence-electron chi connectivity index (χ1n) is 5.94. The topological polar surface area (TPSA) is 46.3 Å². The summed E-state index contributed by atoms with van der Waals surface area (Å²) < 4.78 is 1.01. The Morgan fingerprint density at radius 2 is 2.35 bits per heavy atom. The molecule has 1 saturated heterocycles. The summed E-state index contributed by atoms with van der Waals surface area (Å²) >= 11 is 3.42. The lowest BCUT2D eigenvalue weighted by Gasteiger charge is -2.23. The Morgan fingerprint density at radius 3 is 3.06 bits per heavy atom. The maximum atomic E-state index is 12.2. The van der Waals surface area contributed by atoms with Crippen LogP contribution in [-0.4, -0.2) is 29.9 Å². The minimum atomic E-state index is 0.191. The molecule has 1 amide bonds. The van der Waals surface area contributed by atoms with Crippen LogP contribution in [0.25, 0.3) is 0 Å². The van der Waals surface area contributed by atoms with Gasteiger partial charge in [-0.2, -0.15) is 0 Å². The lowest BCUT2D eigenvalue weighted by molar-refractivity contribution is -0.131. The van der Waals surface area contributed by atoms with Gasteiger partial charge in [0, 0.05) is 23.6 Å². The van der Waals surface area contributed by atoms with Crippen LogP contribution in [0.1, 0.15) is 18.4 Å². The van der Waals surface area contributed by atoms with E-state index >= 15 is 0 Å². The third-order valence-corrected chi connectivity index (χ3v) is 3.71. The molecule has 1 fully saturated rings. The summed E-state index contributed by atoms with van der Waals surface area (Å²) in [5.74, 6) is 0.191. The van der Waals surface area contributed by atoms with E-state index in [1.54, 1.807) is 0 Å². The van der Waals surface area contributed by atoms with Crippen molar-refractivity contribution in [3.8, 4) is 0 Å². The van der Waals surface area contributed by atoms with Crippen LogP contribution in [0.2, 0.25) is 0 Å². The molecule has 1 aromatic carbocycles. The van der Waals surface area contributed by atoms with Crippen molar-refractivity contribution in [2.24, 2.45) is 5.73 Å². The molecule has 1 aromatic rings. The van der Waals surface area contributed by atoms with E-state index in [0.29, 0.717) is 13.0 Å². The molecule has 1 aliphatic heterocycles. The molecule has 0 aromatic heterocycles. The van der Waals surface area contributed by atoms with E-state index in [1.807, 2.05) is 29.2 Å². The average molecular weight is 297 g/mol. The van der Waals surface area contributed by atoms with E-state index in [-0.39, 0.29) is 11.9 Å². The molecule has 4 heteroatoms. The molecule has 3 nitrogen and oxygen atoms in total. The summed E-state index contributed by atoms with van der Waals surface area (Å²) in [6.07, 6.45) is 2.59. The first-order chi connectivity index (χ1) is 8.20. The second kappa shape index (κ2) is 5.65. The largest absolute Gasteiger partial charge is 0.338 e. The summed E-state index contributed by atoms with van der Waals surface area (Å²) in [7, 11) is 0.